The Morgan fingerprint density at radius 2 is 1.85 bits per heavy atom. The molecule has 0 aliphatic rings. The van der Waals surface area contributed by atoms with Crippen molar-refractivity contribution >= 4 is 40.1 Å². The van der Waals surface area contributed by atoms with E-state index in [0.29, 0.717) is 15.6 Å². The third kappa shape index (κ3) is 4.26. The van der Waals surface area contributed by atoms with E-state index < -0.39 is 0 Å². The average molecular weight is 402 g/mol. The molecule has 2 aromatic carbocycles. The summed E-state index contributed by atoms with van der Waals surface area (Å²) in [5.74, 6) is -0.339. The summed E-state index contributed by atoms with van der Waals surface area (Å²) >= 11 is 12.0. The zero-order chi connectivity index (χ0) is 19.4. The van der Waals surface area contributed by atoms with Gasteiger partial charge in [0.1, 0.15) is 6.61 Å². The molecule has 0 N–H and O–H groups in total. The van der Waals surface area contributed by atoms with Crippen molar-refractivity contribution in [2.24, 2.45) is 0 Å². The van der Waals surface area contributed by atoms with E-state index in [2.05, 4.69) is 6.92 Å². The third-order valence-electron chi connectivity index (χ3n) is 4.48. The van der Waals surface area contributed by atoms with Crippen LogP contribution in [0, 0.1) is 0 Å². The number of ether oxygens (including phenoxy) is 1. The number of rotatable bonds is 6. The quantitative estimate of drug-likeness (QED) is 0.447. The van der Waals surface area contributed by atoms with Crippen LogP contribution in [0.5, 0.6) is 0 Å². The highest BCUT2D eigenvalue weighted by Crippen LogP contribution is 2.27. The lowest BCUT2D eigenvalue weighted by Gasteiger charge is -2.15. The van der Waals surface area contributed by atoms with Crippen LogP contribution in [-0.4, -0.2) is 11.0 Å². The number of hydrogen-bond acceptors (Lipinski definition) is 3. The minimum absolute atomic E-state index is 0.138. The van der Waals surface area contributed by atoms with Gasteiger partial charge in [0.25, 0.3) is 0 Å². The lowest BCUT2D eigenvalue weighted by Crippen LogP contribution is -2.12. The number of carbonyl (C=O) groups is 1. The van der Waals surface area contributed by atoms with E-state index in [1.165, 1.54) is 0 Å². The van der Waals surface area contributed by atoms with Crippen LogP contribution in [-0.2, 0) is 24.2 Å². The number of aromatic nitrogens is 1. The first-order valence-electron chi connectivity index (χ1n) is 9.06. The zero-order valence-corrected chi connectivity index (χ0v) is 16.9. The Balaban J connectivity index is 1.98. The molecule has 3 nitrogen and oxygen atoms in total. The summed E-state index contributed by atoms with van der Waals surface area (Å²) in [7, 11) is 0. The largest absolute Gasteiger partial charge is 0.457 e. The van der Waals surface area contributed by atoms with Gasteiger partial charge in [0.2, 0.25) is 0 Å². The summed E-state index contributed by atoms with van der Waals surface area (Å²) in [5.41, 5.74) is 4.17. The number of nitrogens with zero attached hydrogens (tertiary/aromatic N) is 1. The smallest absolute Gasteiger partial charge is 0.339 e. The number of fused-ring (bicyclic) bond motifs is 1. The molecule has 0 amide bonds. The molecule has 0 aliphatic carbocycles. The van der Waals surface area contributed by atoms with Gasteiger partial charge < -0.3 is 4.74 Å². The Bertz CT molecular complexity index is 985. The number of halogens is 2. The SMILES string of the molecule is CCCc1nc2ccccc2c(C(=O)OCc2ccc(Cl)c(Cl)c2)c1CC. The Kier molecular flexibility index (Phi) is 6.35. The summed E-state index contributed by atoms with van der Waals surface area (Å²) < 4.78 is 5.62. The lowest BCUT2D eigenvalue weighted by molar-refractivity contribution is 0.0473. The Labute approximate surface area is 169 Å². The first kappa shape index (κ1) is 19.7. The predicted octanol–water partition coefficient (Wildman–Crippen LogP) is 6.41. The maximum absolute atomic E-state index is 13.0. The standard InChI is InChI=1S/C22H21Cl2NO2/c1-3-7-19-15(4-2)21(16-8-5-6-9-20(16)25-19)22(26)27-13-14-10-11-17(23)18(24)12-14/h5-6,8-12H,3-4,7,13H2,1-2H3. The first-order chi connectivity index (χ1) is 13.0. The van der Waals surface area contributed by atoms with Gasteiger partial charge in [0, 0.05) is 11.1 Å². The van der Waals surface area contributed by atoms with Crippen LogP contribution >= 0.6 is 23.2 Å². The van der Waals surface area contributed by atoms with Crippen molar-refractivity contribution in [3.05, 3.63) is 74.9 Å². The topological polar surface area (TPSA) is 39.2 Å². The van der Waals surface area contributed by atoms with E-state index in [1.54, 1.807) is 18.2 Å². The molecule has 0 bridgehead atoms. The fourth-order valence-corrected chi connectivity index (χ4v) is 3.53. The van der Waals surface area contributed by atoms with Gasteiger partial charge in [-0.25, -0.2) is 4.79 Å². The van der Waals surface area contributed by atoms with Crippen LogP contribution in [0.3, 0.4) is 0 Å². The molecule has 0 spiro atoms. The maximum atomic E-state index is 13.0. The molecule has 27 heavy (non-hydrogen) atoms. The Morgan fingerprint density at radius 3 is 2.56 bits per heavy atom. The number of pyridine rings is 1. The monoisotopic (exact) mass is 401 g/mol. The second kappa shape index (κ2) is 8.73. The average Bonchev–Trinajstić information content (AvgIpc) is 2.67. The van der Waals surface area contributed by atoms with E-state index in [9.17, 15) is 4.79 Å². The predicted molar refractivity (Wildman–Crippen MR) is 111 cm³/mol. The van der Waals surface area contributed by atoms with Crippen molar-refractivity contribution in [1.82, 2.24) is 4.98 Å². The third-order valence-corrected chi connectivity index (χ3v) is 5.22. The van der Waals surface area contributed by atoms with Crippen molar-refractivity contribution in [2.75, 3.05) is 0 Å². The van der Waals surface area contributed by atoms with Crippen molar-refractivity contribution < 1.29 is 9.53 Å². The molecular formula is C22H21Cl2NO2. The lowest BCUT2D eigenvalue weighted by atomic mass is 9.96. The normalized spacial score (nSPS) is 11.0. The molecule has 0 atom stereocenters. The molecule has 0 radical (unpaired) electrons. The Hall–Kier alpha value is -2.10. The number of aryl methyl sites for hydroxylation is 1. The van der Waals surface area contributed by atoms with Gasteiger partial charge in [-0.05, 0) is 42.2 Å². The van der Waals surface area contributed by atoms with E-state index in [-0.39, 0.29) is 12.6 Å². The van der Waals surface area contributed by atoms with Crippen molar-refractivity contribution in [3.8, 4) is 0 Å². The van der Waals surface area contributed by atoms with Crippen LogP contribution in [0.1, 0.15) is 47.4 Å². The fraction of sp³-hybridized carbons (Fsp3) is 0.273. The molecule has 0 fully saturated rings. The molecule has 3 aromatic rings. The van der Waals surface area contributed by atoms with Crippen LogP contribution in [0.4, 0.5) is 0 Å². The molecule has 1 aromatic heterocycles. The van der Waals surface area contributed by atoms with Crippen LogP contribution < -0.4 is 0 Å². The van der Waals surface area contributed by atoms with Crippen LogP contribution in [0.15, 0.2) is 42.5 Å². The van der Waals surface area contributed by atoms with Crippen LogP contribution in [0.25, 0.3) is 10.9 Å². The highest BCUT2D eigenvalue weighted by molar-refractivity contribution is 6.42. The highest BCUT2D eigenvalue weighted by atomic mass is 35.5. The number of carbonyl (C=O) groups excluding carboxylic acids is 1. The number of esters is 1. The van der Waals surface area contributed by atoms with E-state index in [1.807, 2.05) is 31.2 Å². The summed E-state index contributed by atoms with van der Waals surface area (Å²) in [6.07, 6.45) is 2.53. The molecule has 0 unspecified atom stereocenters. The summed E-state index contributed by atoms with van der Waals surface area (Å²) in [4.78, 5) is 17.8. The molecule has 0 saturated carbocycles. The highest BCUT2D eigenvalue weighted by Gasteiger charge is 2.20. The van der Waals surface area contributed by atoms with Gasteiger partial charge in [0.15, 0.2) is 0 Å². The van der Waals surface area contributed by atoms with Crippen molar-refractivity contribution in [3.63, 3.8) is 0 Å². The Morgan fingerprint density at radius 1 is 1.07 bits per heavy atom. The summed E-state index contributed by atoms with van der Waals surface area (Å²) in [6.45, 7) is 4.29. The van der Waals surface area contributed by atoms with E-state index >= 15 is 0 Å². The molecule has 5 heteroatoms. The van der Waals surface area contributed by atoms with E-state index in [0.717, 1.165) is 47.0 Å². The zero-order valence-electron chi connectivity index (χ0n) is 15.4. The molecule has 140 valence electrons. The molecule has 0 aliphatic heterocycles. The summed E-state index contributed by atoms with van der Waals surface area (Å²) in [5, 5.41) is 1.75. The van der Waals surface area contributed by atoms with Gasteiger partial charge in [0.05, 0.1) is 21.1 Å². The second-order valence-corrected chi connectivity index (χ2v) is 7.17. The van der Waals surface area contributed by atoms with Crippen LogP contribution in [0.2, 0.25) is 10.0 Å². The van der Waals surface area contributed by atoms with Gasteiger partial charge in [-0.1, -0.05) is 67.7 Å². The maximum Gasteiger partial charge on any atom is 0.339 e. The molecule has 3 rings (SSSR count). The number of hydrogen-bond donors (Lipinski definition) is 0. The van der Waals surface area contributed by atoms with Crippen molar-refractivity contribution in [2.45, 2.75) is 39.7 Å². The fourth-order valence-electron chi connectivity index (χ4n) is 3.21. The van der Waals surface area contributed by atoms with E-state index in [4.69, 9.17) is 32.9 Å². The number of benzene rings is 2. The minimum atomic E-state index is -0.339. The van der Waals surface area contributed by atoms with Gasteiger partial charge in [-0.2, -0.15) is 0 Å². The van der Waals surface area contributed by atoms with Gasteiger partial charge >= 0.3 is 5.97 Å². The number of para-hydroxylation sites is 1. The van der Waals surface area contributed by atoms with Crippen molar-refractivity contribution in [1.29, 1.82) is 0 Å². The molecule has 1 heterocycles. The molecule has 0 saturated heterocycles. The first-order valence-corrected chi connectivity index (χ1v) is 9.82. The second-order valence-electron chi connectivity index (χ2n) is 6.36. The molecular weight excluding hydrogens is 381 g/mol. The minimum Gasteiger partial charge on any atom is -0.457 e. The van der Waals surface area contributed by atoms with Gasteiger partial charge in [-0.15, -0.1) is 0 Å². The van der Waals surface area contributed by atoms with Gasteiger partial charge in [-0.3, -0.25) is 4.98 Å². The summed E-state index contributed by atoms with van der Waals surface area (Å²) in [6, 6.07) is 12.9.